The smallest absolute Gasteiger partial charge is 0.358 e. The molecular formula is C18H19N5O2. The summed E-state index contributed by atoms with van der Waals surface area (Å²) in [5, 5.41) is 12.2. The molecule has 2 heterocycles. The molecule has 0 unspecified atom stereocenters. The van der Waals surface area contributed by atoms with E-state index in [1.807, 2.05) is 49.3 Å². The normalized spacial score (nSPS) is 10.5. The van der Waals surface area contributed by atoms with Gasteiger partial charge in [0, 0.05) is 26.0 Å². The second kappa shape index (κ2) is 7.12. The number of anilines is 2. The molecule has 25 heavy (non-hydrogen) atoms. The van der Waals surface area contributed by atoms with Gasteiger partial charge in [0.15, 0.2) is 5.69 Å². The maximum Gasteiger partial charge on any atom is 0.358 e. The first-order chi connectivity index (χ1) is 12.1. The summed E-state index contributed by atoms with van der Waals surface area (Å²) in [7, 11) is 5.24. The van der Waals surface area contributed by atoms with E-state index in [1.165, 1.54) is 7.11 Å². The summed E-state index contributed by atoms with van der Waals surface area (Å²) in [5.41, 5.74) is 2.23. The summed E-state index contributed by atoms with van der Waals surface area (Å²) >= 11 is 0. The van der Waals surface area contributed by atoms with Crippen LogP contribution in [0.1, 0.15) is 16.1 Å². The largest absolute Gasteiger partial charge is 0.464 e. The fourth-order valence-corrected chi connectivity index (χ4v) is 2.43. The maximum atomic E-state index is 11.4. The minimum atomic E-state index is -0.505. The Hall–Kier alpha value is -3.22. The van der Waals surface area contributed by atoms with Crippen molar-refractivity contribution in [2.45, 2.75) is 6.54 Å². The van der Waals surface area contributed by atoms with Crippen LogP contribution in [-0.4, -0.2) is 42.4 Å². The number of rotatable bonds is 5. The van der Waals surface area contributed by atoms with Crippen LogP contribution in [0.3, 0.4) is 0 Å². The lowest BCUT2D eigenvalue weighted by molar-refractivity contribution is 0.0593. The molecule has 0 bridgehead atoms. The Morgan fingerprint density at radius 1 is 1.16 bits per heavy atom. The van der Waals surface area contributed by atoms with E-state index in [0.717, 1.165) is 22.3 Å². The average Bonchev–Trinajstić information content (AvgIpc) is 2.65. The number of pyridine rings is 1. The summed E-state index contributed by atoms with van der Waals surface area (Å²) in [4.78, 5) is 18.0. The van der Waals surface area contributed by atoms with Crippen molar-refractivity contribution in [1.82, 2.24) is 15.2 Å². The van der Waals surface area contributed by atoms with Crippen molar-refractivity contribution in [2.75, 3.05) is 31.4 Å². The van der Waals surface area contributed by atoms with Crippen LogP contribution in [0.4, 0.5) is 11.6 Å². The number of nitrogens with one attached hydrogen (secondary N) is 1. The van der Waals surface area contributed by atoms with E-state index in [0.29, 0.717) is 12.4 Å². The summed E-state index contributed by atoms with van der Waals surface area (Å²) in [6.45, 7) is 0.566. The van der Waals surface area contributed by atoms with Crippen LogP contribution in [-0.2, 0) is 11.3 Å². The SMILES string of the molecule is COC(=O)c1ccc(NCc2cc(N(C)C)nc3ccccc23)nn1. The Balaban J connectivity index is 1.84. The van der Waals surface area contributed by atoms with Gasteiger partial charge in [-0.1, -0.05) is 18.2 Å². The van der Waals surface area contributed by atoms with Gasteiger partial charge < -0.3 is 15.0 Å². The first kappa shape index (κ1) is 16.6. The van der Waals surface area contributed by atoms with Gasteiger partial charge in [0.05, 0.1) is 12.6 Å². The van der Waals surface area contributed by atoms with Crippen molar-refractivity contribution < 1.29 is 9.53 Å². The van der Waals surface area contributed by atoms with E-state index in [4.69, 9.17) is 0 Å². The van der Waals surface area contributed by atoms with Crippen LogP contribution in [0.25, 0.3) is 10.9 Å². The lowest BCUT2D eigenvalue weighted by Gasteiger charge is -2.15. The number of nitrogens with zero attached hydrogens (tertiary/aromatic N) is 4. The van der Waals surface area contributed by atoms with Crippen LogP contribution in [0, 0.1) is 0 Å². The molecule has 0 fully saturated rings. The fraction of sp³-hybridized carbons (Fsp3) is 0.222. The first-order valence-corrected chi connectivity index (χ1v) is 7.80. The fourth-order valence-electron chi connectivity index (χ4n) is 2.43. The zero-order chi connectivity index (χ0) is 17.8. The van der Waals surface area contributed by atoms with E-state index >= 15 is 0 Å². The minimum absolute atomic E-state index is 0.178. The van der Waals surface area contributed by atoms with Gasteiger partial charge in [-0.05, 0) is 29.8 Å². The van der Waals surface area contributed by atoms with Crippen LogP contribution in [0.2, 0.25) is 0 Å². The van der Waals surface area contributed by atoms with Crippen LogP contribution < -0.4 is 10.2 Å². The van der Waals surface area contributed by atoms with Crippen molar-refractivity contribution in [1.29, 1.82) is 0 Å². The molecule has 1 aromatic carbocycles. The van der Waals surface area contributed by atoms with E-state index in [2.05, 4.69) is 25.2 Å². The molecule has 3 rings (SSSR count). The second-order valence-corrected chi connectivity index (χ2v) is 5.70. The Kier molecular flexibility index (Phi) is 4.74. The third-order valence-corrected chi connectivity index (χ3v) is 3.77. The highest BCUT2D eigenvalue weighted by atomic mass is 16.5. The number of methoxy groups -OCH3 is 1. The Bertz CT molecular complexity index is 894. The Morgan fingerprint density at radius 2 is 1.96 bits per heavy atom. The van der Waals surface area contributed by atoms with Crippen LogP contribution >= 0.6 is 0 Å². The number of aromatic nitrogens is 3. The van der Waals surface area contributed by atoms with Crippen molar-refractivity contribution in [3.63, 3.8) is 0 Å². The summed E-state index contributed by atoms with van der Waals surface area (Å²) in [6.07, 6.45) is 0. The number of hydrogen-bond donors (Lipinski definition) is 1. The molecule has 0 amide bonds. The number of esters is 1. The number of carbonyl (C=O) groups is 1. The van der Waals surface area contributed by atoms with E-state index < -0.39 is 5.97 Å². The number of fused-ring (bicyclic) bond motifs is 1. The van der Waals surface area contributed by atoms with Gasteiger partial charge in [0.1, 0.15) is 11.6 Å². The third kappa shape index (κ3) is 3.65. The molecule has 0 aliphatic heterocycles. The highest BCUT2D eigenvalue weighted by Crippen LogP contribution is 2.22. The third-order valence-electron chi connectivity index (χ3n) is 3.77. The van der Waals surface area contributed by atoms with Gasteiger partial charge in [-0.15, -0.1) is 10.2 Å². The van der Waals surface area contributed by atoms with Gasteiger partial charge in [0.2, 0.25) is 0 Å². The molecule has 0 radical (unpaired) electrons. The van der Waals surface area contributed by atoms with E-state index in [-0.39, 0.29) is 5.69 Å². The molecule has 0 saturated heterocycles. The highest BCUT2D eigenvalue weighted by molar-refractivity contribution is 5.87. The minimum Gasteiger partial charge on any atom is -0.464 e. The number of carbonyl (C=O) groups excluding carboxylic acids is 1. The van der Waals surface area contributed by atoms with Crippen molar-refractivity contribution >= 4 is 28.5 Å². The predicted molar refractivity (Wildman–Crippen MR) is 96.8 cm³/mol. The Labute approximate surface area is 145 Å². The molecule has 128 valence electrons. The van der Waals surface area contributed by atoms with Gasteiger partial charge in [0.25, 0.3) is 0 Å². The number of para-hydroxylation sites is 1. The van der Waals surface area contributed by atoms with Gasteiger partial charge in [-0.25, -0.2) is 9.78 Å². The lowest BCUT2D eigenvalue weighted by Crippen LogP contribution is -2.12. The van der Waals surface area contributed by atoms with Crippen molar-refractivity contribution in [3.8, 4) is 0 Å². The molecular weight excluding hydrogens is 318 g/mol. The quantitative estimate of drug-likeness (QED) is 0.716. The molecule has 0 spiro atoms. The number of benzene rings is 1. The highest BCUT2D eigenvalue weighted by Gasteiger charge is 2.09. The standard InChI is InChI=1S/C18H19N5O2/c1-23(2)17-10-12(13-6-4-5-7-14(13)20-17)11-19-16-9-8-15(21-22-16)18(24)25-3/h4-10H,11H2,1-3H3,(H,19,22). The van der Waals surface area contributed by atoms with E-state index in [1.54, 1.807) is 12.1 Å². The van der Waals surface area contributed by atoms with E-state index in [9.17, 15) is 4.79 Å². The van der Waals surface area contributed by atoms with Gasteiger partial charge >= 0.3 is 5.97 Å². The predicted octanol–water partition coefficient (Wildman–Crippen LogP) is 2.49. The van der Waals surface area contributed by atoms with Crippen molar-refractivity contribution in [3.05, 3.63) is 53.7 Å². The average molecular weight is 337 g/mol. The molecule has 2 aromatic heterocycles. The zero-order valence-electron chi connectivity index (χ0n) is 14.4. The number of hydrogen-bond acceptors (Lipinski definition) is 7. The summed E-state index contributed by atoms with van der Waals surface area (Å²) < 4.78 is 4.62. The van der Waals surface area contributed by atoms with Crippen LogP contribution in [0.15, 0.2) is 42.5 Å². The van der Waals surface area contributed by atoms with Gasteiger partial charge in [-0.3, -0.25) is 0 Å². The second-order valence-electron chi connectivity index (χ2n) is 5.70. The zero-order valence-corrected chi connectivity index (χ0v) is 14.4. The van der Waals surface area contributed by atoms with Gasteiger partial charge in [-0.2, -0.15) is 0 Å². The Morgan fingerprint density at radius 3 is 2.64 bits per heavy atom. The molecule has 1 N–H and O–H groups in total. The van der Waals surface area contributed by atoms with Crippen molar-refractivity contribution in [2.24, 2.45) is 0 Å². The topological polar surface area (TPSA) is 80.2 Å². The first-order valence-electron chi connectivity index (χ1n) is 7.80. The summed E-state index contributed by atoms with van der Waals surface area (Å²) in [6, 6.07) is 13.3. The maximum absolute atomic E-state index is 11.4. The molecule has 0 aliphatic carbocycles. The molecule has 3 aromatic rings. The molecule has 0 aliphatic rings. The van der Waals surface area contributed by atoms with Crippen LogP contribution in [0.5, 0.6) is 0 Å². The molecule has 0 saturated carbocycles. The number of ether oxygens (including phenoxy) is 1. The lowest BCUT2D eigenvalue weighted by atomic mass is 10.1. The molecule has 7 heteroatoms. The molecule has 0 atom stereocenters. The summed E-state index contributed by atoms with van der Waals surface area (Å²) in [5.74, 6) is 0.970. The monoisotopic (exact) mass is 337 g/mol. The molecule has 7 nitrogen and oxygen atoms in total.